The lowest BCUT2D eigenvalue weighted by Crippen LogP contribution is -2.27. The molecule has 1 N–H and O–H groups in total. The fraction of sp³-hybridized carbons (Fsp3) is 0.500. The minimum Gasteiger partial charge on any atom is -0.383 e. The molecule has 7 heteroatoms. The summed E-state index contributed by atoms with van der Waals surface area (Å²) in [5.41, 5.74) is 1.83. The smallest absolute Gasteiger partial charge is 0.251 e. The average molecular weight is 362 g/mol. The summed E-state index contributed by atoms with van der Waals surface area (Å²) >= 11 is 1.63. The van der Waals surface area contributed by atoms with E-state index in [1.165, 1.54) is 0 Å². The average Bonchev–Trinajstić information content (AvgIpc) is 2.96. The van der Waals surface area contributed by atoms with Crippen LogP contribution in [0.25, 0.3) is 0 Å². The Morgan fingerprint density at radius 1 is 1.28 bits per heavy atom. The Balaban J connectivity index is 1.93. The number of carbonyl (C=O) groups excluding carboxylic acids is 1. The predicted molar refractivity (Wildman–Crippen MR) is 99.8 cm³/mol. The number of aryl methyl sites for hydroxylation is 1. The summed E-state index contributed by atoms with van der Waals surface area (Å²) in [4.78, 5) is 12.0. The first-order valence-corrected chi connectivity index (χ1v) is 9.38. The zero-order valence-corrected chi connectivity index (χ0v) is 16.1. The van der Waals surface area contributed by atoms with Crippen LogP contribution in [0.3, 0.4) is 0 Å². The molecule has 25 heavy (non-hydrogen) atoms. The van der Waals surface area contributed by atoms with Crippen LogP contribution in [0.15, 0.2) is 29.4 Å². The number of aromatic nitrogens is 3. The molecule has 0 saturated carbocycles. The number of thioether (sulfide) groups is 1. The summed E-state index contributed by atoms with van der Waals surface area (Å²) in [5.74, 6) is 2.08. The molecule has 0 radical (unpaired) electrons. The molecule has 1 aromatic heterocycles. The van der Waals surface area contributed by atoms with Crippen LogP contribution in [0.1, 0.15) is 35.6 Å². The van der Waals surface area contributed by atoms with E-state index in [1.807, 2.05) is 31.2 Å². The van der Waals surface area contributed by atoms with E-state index in [0.717, 1.165) is 28.8 Å². The Kier molecular flexibility index (Phi) is 7.46. The number of methoxy groups -OCH3 is 1. The lowest BCUT2D eigenvalue weighted by molar-refractivity contribution is 0.0949. The van der Waals surface area contributed by atoms with Crippen LogP contribution in [0.4, 0.5) is 0 Å². The van der Waals surface area contributed by atoms with Crippen molar-refractivity contribution in [2.24, 2.45) is 5.92 Å². The lowest BCUT2D eigenvalue weighted by Gasteiger charge is -2.09. The molecule has 2 aromatic rings. The minimum atomic E-state index is -0.0252. The molecule has 0 unspecified atom stereocenters. The third kappa shape index (κ3) is 5.86. The topological polar surface area (TPSA) is 69.0 Å². The maximum absolute atomic E-state index is 12.0. The monoisotopic (exact) mass is 362 g/mol. The highest BCUT2D eigenvalue weighted by molar-refractivity contribution is 7.98. The number of ether oxygens (including phenoxy) is 1. The molecule has 0 bridgehead atoms. The summed E-state index contributed by atoms with van der Waals surface area (Å²) < 4.78 is 7.19. The first-order chi connectivity index (χ1) is 12.0. The molecular formula is C18H26N4O2S. The summed E-state index contributed by atoms with van der Waals surface area (Å²) in [6.45, 7) is 8.16. The molecular weight excluding hydrogens is 336 g/mol. The number of benzene rings is 1. The van der Waals surface area contributed by atoms with E-state index < -0.39 is 0 Å². The molecule has 0 aliphatic rings. The van der Waals surface area contributed by atoms with Crippen LogP contribution in [0.2, 0.25) is 0 Å². The second kappa shape index (κ2) is 9.58. The molecule has 6 nitrogen and oxygen atoms in total. The van der Waals surface area contributed by atoms with Crippen LogP contribution >= 0.6 is 11.8 Å². The zero-order chi connectivity index (χ0) is 18.2. The van der Waals surface area contributed by atoms with Crippen LogP contribution in [0, 0.1) is 12.8 Å². The van der Waals surface area contributed by atoms with Crippen molar-refractivity contribution in [3.63, 3.8) is 0 Å². The molecule has 2 rings (SSSR count). The molecule has 0 atom stereocenters. The number of carbonyl (C=O) groups is 1. The first kappa shape index (κ1) is 19.5. The summed E-state index contributed by atoms with van der Waals surface area (Å²) in [6, 6.07) is 7.71. The number of amides is 1. The van der Waals surface area contributed by atoms with Gasteiger partial charge in [0.25, 0.3) is 5.91 Å². The third-order valence-electron chi connectivity index (χ3n) is 3.68. The Labute approximate surface area is 153 Å². The van der Waals surface area contributed by atoms with Crippen molar-refractivity contribution in [1.82, 2.24) is 20.1 Å². The van der Waals surface area contributed by atoms with Crippen LogP contribution in [0.5, 0.6) is 0 Å². The van der Waals surface area contributed by atoms with Gasteiger partial charge in [0.05, 0.1) is 6.61 Å². The van der Waals surface area contributed by atoms with E-state index >= 15 is 0 Å². The molecule has 0 aliphatic heterocycles. The molecule has 0 fully saturated rings. The normalized spacial score (nSPS) is 11.1. The fourth-order valence-corrected chi connectivity index (χ4v) is 3.17. The van der Waals surface area contributed by atoms with E-state index in [2.05, 4.69) is 33.9 Å². The van der Waals surface area contributed by atoms with E-state index in [4.69, 9.17) is 4.74 Å². The van der Waals surface area contributed by atoms with Crippen molar-refractivity contribution < 1.29 is 9.53 Å². The Bertz CT molecular complexity index is 683. The molecule has 136 valence electrons. The first-order valence-electron chi connectivity index (χ1n) is 8.40. The molecule has 1 amide bonds. The van der Waals surface area contributed by atoms with E-state index in [1.54, 1.807) is 18.9 Å². The Morgan fingerprint density at radius 2 is 2.00 bits per heavy atom. The SMILES string of the molecule is COCCn1c(C)nnc1SCc1ccc(C(=O)NCC(C)C)cc1. The van der Waals surface area contributed by atoms with Crippen LogP contribution in [-0.2, 0) is 17.0 Å². The fourth-order valence-electron chi connectivity index (χ4n) is 2.21. The lowest BCUT2D eigenvalue weighted by atomic mass is 10.1. The van der Waals surface area contributed by atoms with Crippen molar-refractivity contribution in [3.8, 4) is 0 Å². The van der Waals surface area contributed by atoms with Gasteiger partial charge in [-0.15, -0.1) is 10.2 Å². The predicted octanol–water partition coefficient (Wildman–Crippen LogP) is 2.91. The molecule has 1 aromatic carbocycles. The zero-order valence-electron chi connectivity index (χ0n) is 15.3. The van der Waals surface area contributed by atoms with Crippen LogP contribution < -0.4 is 5.32 Å². The Hall–Kier alpha value is -1.86. The van der Waals surface area contributed by atoms with Crippen molar-refractivity contribution in [3.05, 3.63) is 41.2 Å². The maximum atomic E-state index is 12.0. The van der Waals surface area contributed by atoms with Crippen LogP contribution in [-0.4, -0.2) is 40.9 Å². The van der Waals surface area contributed by atoms with Gasteiger partial charge in [-0.05, 0) is 30.5 Å². The van der Waals surface area contributed by atoms with E-state index in [0.29, 0.717) is 24.6 Å². The maximum Gasteiger partial charge on any atom is 0.251 e. The number of hydrogen-bond acceptors (Lipinski definition) is 5. The Morgan fingerprint density at radius 3 is 2.64 bits per heavy atom. The number of hydrogen-bond donors (Lipinski definition) is 1. The second-order valence-electron chi connectivity index (χ2n) is 6.26. The number of rotatable bonds is 9. The van der Waals surface area contributed by atoms with Gasteiger partial charge < -0.3 is 14.6 Å². The quantitative estimate of drug-likeness (QED) is 0.695. The third-order valence-corrected chi connectivity index (χ3v) is 4.71. The second-order valence-corrected chi connectivity index (χ2v) is 7.21. The van der Waals surface area contributed by atoms with Gasteiger partial charge >= 0.3 is 0 Å². The van der Waals surface area contributed by atoms with Crippen molar-refractivity contribution >= 4 is 17.7 Å². The van der Waals surface area contributed by atoms with Gasteiger partial charge in [-0.2, -0.15) is 0 Å². The number of nitrogens with one attached hydrogen (secondary N) is 1. The van der Waals surface area contributed by atoms with Gasteiger partial charge in [0.2, 0.25) is 0 Å². The van der Waals surface area contributed by atoms with Gasteiger partial charge in [0.1, 0.15) is 5.82 Å². The molecule has 0 spiro atoms. The van der Waals surface area contributed by atoms with Crippen molar-refractivity contribution in [1.29, 1.82) is 0 Å². The largest absolute Gasteiger partial charge is 0.383 e. The highest BCUT2D eigenvalue weighted by Gasteiger charge is 2.10. The van der Waals surface area contributed by atoms with Crippen molar-refractivity contribution in [2.45, 2.75) is 38.2 Å². The van der Waals surface area contributed by atoms with E-state index in [-0.39, 0.29) is 5.91 Å². The van der Waals surface area contributed by atoms with Crippen molar-refractivity contribution in [2.75, 3.05) is 20.3 Å². The molecule has 0 aliphatic carbocycles. The molecule has 1 heterocycles. The summed E-state index contributed by atoms with van der Waals surface area (Å²) in [6.07, 6.45) is 0. The van der Waals surface area contributed by atoms with Gasteiger partial charge in [-0.1, -0.05) is 37.7 Å². The standard InChI is InChI=1S/C18H26N4O2S/c1-13(2)11-19-17(23)16-7-5-15(6-8-16)12-25-18-21-20-14(3)22(18)9-10-24-4/h5-8,13H,9-12H2,1-4H3,(H,19,23). The number of nitrogens with zero attached hydrogens (tertiary/aromatic N) is 3. The highest BCUT2D eigenvalue weighted by atomic mass is 32.2. The molecule has 0 saturated heterocycles. The van der Waals surface area contributed by atoms with Gasteiger partial charge in [0.15, 0.2) is 5.16 Å². The summed E-state index contributed by atoms with van der Waals surface area (Å²) in [7, 11) is 1.69. The van der Waals surface area contributed by atoms with Gasteiger partial charge in [0, 0.05) is 31.5 Å². The van der Waals surface area contributed by atoms with Gasteiger partial charge in [-0.3, -0.25) is 4.79 Å². The summed E-state index contributed by atoms with van der Waals surface area (Å²) in [5, 5.41) is 12.2. The highest BCUT2D eigenvalue weighted by Crippen LogP contribution is 2.22. The minimum absolute atomic E-state index is 0.0252. The van der Waals surface area contributed by atoms with E-state index in [9.17, 15) is 4.79 Å². The van der Waals surface area contributed by atoms with Gasteiger partial charge in [-0.25, -0.2) is 0 Å².